The predicted octanol–water partition coefficient (Wildman–Crippen LogP) is 3.01. The first-order chi connectivity index (χ1) is 6.74. The van der Waals surface area contributed by atoms with Crippen molar-refractivity contribution < 1.29 is 4.79 Å². The van der Waals surface area contributed by atoms with Gasteiger partial charge in [-0.25, -0.2) is 0 Å². The summed E-state index contributed by atoms with van der Waals surface area (Å²) in [7, 11) is 0. The van der Waals surface area contributed by atoms with Crippen LogP contribution in [-0.2, 0) is 0 Å². The summed E-state index contributed by atoms with van der Waals surface area (Å²) in [4.78, 5) is 14.8. The molecule has 0 spiro atoms. The summed E-state index contributed by atoms with van der Waals surface area (Å²) in [5.41, 5.74) is 2.28. The molecule has 2 nitrogen and oxygen atoms in total. The van der Waals surface area contributed by atoms with Gasteiger partial charge in [0.15, 0.2) is 6.29 Å². The van der Waals surface area contributed by atoms with E-state index >= 15 is 0 Å². The first-order valence-corrected chi connectivity index (χ1v) is 4.61. The minimum absolute atomic E-state index is 0.611. The van der Waals surface area contributed by atoms with E-state index in [4.69, 9.17) is 11.6 Å². The number of aromatic nitrogens is 1. The molecule has 0 unspecified atom stereocenters. The molecule has 0 amide bonds. The van der Waals surface area contributed by atoms with Gasteiger partial charge in [0.05, 0.1) is 10.5 Å². The Bertz CT molecular complexity index is 508. The van der Waals surface area contributed by atoms with E-state index in [1.807, 2.05) is 19.1 Å². The standard InChI is InChI=1S/C11H8ClNO/c1-7-8(6-14)5-13-11-9(7)3-2-4-10(11)12/h2-6H,1H3. The number of carbonyl (C=O) groups is 1. The molecule has 0 aliphatic heterocycles. The molecule has 0 aliphatic carbocycles. The molecule has 1 aromatic heterocycles. The molecule has 1 heterocycles. The first-order valence-electron chi connectivity index (χ1n) is 4.23. The van der Waals surface area contributed by atoms with E-state index in [1.165, 1.54) is 0 Å². The molecule has 0 radical (unpaired) electrons. The monoisotopic (exact) mass is 205 g/mol. The van der Waals surface area contributed by atoms with Crippen molar-refractivity contribution in [3.63, 3.8) is 0 Å². The summed E-state index contributed by atoms with van der Waals surface area (Å²) in [5.74, 6) is 0. The summed E-state index contributed by atoms with van der Waals surface area (Å²) in [6.07, 6.45) is 2.36. The quantitative estimate of drug-likeness (QED) is 0.670. The van der Waals surface area contributed by atoms with Crippen LogP contribution in [0, 0.1) is 6.92 Å². The van der Waals surface area contributed by atoms with Crippen molar-refractivity contribution in [3.8, 4) is 0 Å². The molecule has 2 rings (SSSR count). The average molecular weight is 206 g/mol. The number of rotatable bonds is 1. The minimum Gasteiger partial charge on any atom is -0.298 e. The first kappa shape index (κ1) is 9.16. The Morgan fingerprint density at radius 2 is 2.21 bits per heavy atom. The zero-order valence-corrected chi connectivity index (χ0v) is 8.38. The molecule has 0 fully saturated rings. The fraction of sp³-hybridized carbons (Fsp3) is 0.0909. The fourth-order valence-electron chi connectivity index (χ4n) is 1.45. The van der Waals surface area contributed by atoms with Gasteiger partial charge in [0.2, 0.25) is 0 Å². The topological polar surface area (TPSA) is 30.0 Å². The SMILES string of the molecule is Cc1c(C=O)cnc2c(Cl)cccc12. The molecule has 0 aliphatic rings. The predicted molar refractivity (Wildman–Crippen MR) is 56.9 cm³/mol. The number of carbonyl (C=O) groups excluding carboxylic acids is 1. The van der Waals surface area contributed by atoms with Gasteiger partial charge in [-0.15, -0.1) is 0 Å². The third kappa shape index (κ3) is 1.28. The number of fused-ring (bicyclic) bond motifs is 1. The minimum atomic E-state index is 0.611. The van der Waals surface area contributed by atoms with Gasteiger partial charge in [0.25, 0.3) is 0 Å². The third-order valence-electron chi connectivity index (χ3n) is 2.28. The number of para-hydroxylation sites is 1. The van der Waals surface area contributed by atoms with E-state index in [9.17, 15) is 4.79 Å². The lowest BCUT2D eigenvalue weighted by molar-refractivity contribution is 0.112. The van der Waals surface area contributed by atoms with Crippen LogP contribution in [0.25, 0.3) is 10.9 Å². The molecular weight excluding hydrogens is 198 g/mol. The molecular formula is C11H8ClNO. The Hall–Kier alpha value is -1.41. The molecule has 2 aromatic rings. The lowest BCUT2D eigenvalue weighted by Gasteiger charge is -2.04. The lowest BCUT2D eigenvalue weighted by atomic mass is 10.1. The number of hydrogen-bond donors (Lipinski definition) is 0. The van der Waals surface area contributed by atoms with Gasteiger partial charge in [-0.2, -0.15) is 0 Å². The second-order valence-electron chi connectivity index (χ2n) is 3.09. The van der Waals surface area contributed by atoms with Crippen LogP contribution in [0.5, 0.6) is 0 Å². The van der Waals surface area contributed by atoms with Gasteiger partial charge in [-0.05, 0) is 18.6 Å². The maximum Gasteiger partial charge on any atom is 0.151 e. The van der Waals surface area contributed by atoms with Crippen LogP contribution >= 0.6 is 11.6 Å². The summed E-state index contributed by atoms with van der Waals surface area (Å²) in [5, 5.41) is 1.55. The van der Waals surface area contributed by atoms with Crippen LogP contribution in [0.3, 0.4) is 0 Å². The number of pyridine rings is 1. The highest BCUT2D eigenvalue weighted by molar-refractivity contribution is 6.35. The van der Waals surface area contributed by atoms with Gasteiger partial charge in [0, 0.05) is 17.1 Å². The lowest BCUT2D eigenvalue weighted by Crippen LogP contribution is -1.91. The van der Waals surface area contributed by atoms with Crippen molar-refractivity contribution in [2.75, 3.05) is 0 Å². The number of halogens is 1. The van der Waals surface area contributed by atoms with Gasteiger partial charge in [-0.1, -0.05) is 23.7 Å². The maximum absolute atomic E-state index is 10.7. The molecule has 0 bridgehead atoms. The Morgan fingerprint density at radius 1 is 1.43 bits per heavy atom. The second kappa shape index (κ2) is 3.39. The number of hydrogen-bond acceptors (Lipinski definition) is 2. The van der Waals surface area contributed by atoms with Crippen LogP contribution in [-0.4, -0.2) is 11.3 Å². The Labute approximate surface area is 86.5 Å². The van der Waals surface area contributed by atoms with Gasteiger partial charge >= 0.3 is 0 Å². The molecule has 0 N–H and O–H groups in total. The zero-order valence-electron chi connectivity index (χ0n) is 7.62. The largest absolute Gasteiger partial charge is 0.298 e. The van der Waals surface area contributed by atoms with Gasteiger partial charge < -0.3 is 0 Å². The van der Waals surface area contributed by atoms with Crippen molar-refractivity contribution in [2.24, 2.45) is 0 Å². The van der Waals surface area contributed by atoms with Crippen LogP contribution in [0.2, 0.25) is 5.02 Å². The Kier molecular flexibility index (Phi) is 2.22. The van der Waals surface area contributed by atoms with Crippen LogP contribution in [0.1, 0.15) is 15.9 Å². The summed E-state index contributed by atoms with van der Waals surface area (Å²) in [6.45, 7) is 1.89. The molecule has 0 atom stereocenters. The van der Waals surface area contributed by atoms with Crippen molar-refractivity contribution in [1.29, 1.82) is 0 Å². The average Bonchev–Trinajstić information content (AvgIpc) is 2.20. The number of benzene rings is 1. The molecule has 1 aromatic carbocycles. The van der Waals surface area contributed by atoms with Gasteiger partial charge in [-0.3, -0.25) is 9.78 Å². The second-order valence-corrected chi connectivity index (χ2v) is 3.50. The summed E-state index contributed by atoms with van der Waals surface area (Å²) in [6, 6.07) is 5.56. The Morgan fingerprint density at radius 3 is 2.93 bits per heavy atom. The molecule has 0 saturated carbocycles. The third-order valence-corrected chi connectivity index (χ3v) is 2.59. The zero-order chi connectivity index (χ0) is 10.1. The Balaban J connectivity index is 2.90. The van der Waals surface area contributed by atoms with Crippen molar-refractivity contribution in [3.05, 3.63) is 40.5 Å². The van der Waals surface area contributed by atoms with E-state index in [-0.39, 0.29) is 0 Å². The normalized spacial score (nSPS) is 10.4. The number of aryl methyl sites for hydroxylation is 1. The molecule has 0 saturated heterocycles. The highest BCUT2D eigenvalue weighted by Gasteiger charge is 2.05. The highest BCUT2D eigenvalue weighted by Crippen LogP contribution is 2.24. The van der Waals surface area contributed by atoms with Crippen LogP contribution in [0.15, 0.2) is 24.4 Å². The molecule has 14 heavy (non-hydrogen) atoms. The number of nitrogens with zero attached hydrogens (tertiary/aromatic N) is 1. The van der Waals surface area contributed by atoms with Crippen molar-refractivity contribution >= 4 is 28.8 Å². The highest BCUT2D eigenvalue weighted by atomic mass is 35.5. The molecule has 70 valence electrons. The van der Waals surface area contributed by atoms with E-state index < -0.39 is 0 Å². The van der Waals surface area contributed by atoms with Crippen molar-refractivity contribution in [1.82, 2.24) is 4.98 Å². The van der Waals surface area contributed by atoms with E-state index in [0.717, 1.165) is 22.8 Å². The number of aldehydes is 1. The molecule has 3 heteroatoms. The van der Waals surface area contributed by atoms with Crippen molar-refractivity contribution in [2.45, 2.75) is 6.92 Å². The maximum atomic E-state index is 10.7. The smallest absolute Gasteiger partial charge is 0.151 e. The van der Waals surface area contributed by atoms with Gasteiger partial charge in [0.1, 0.15) is 0 Å². The fourth-order valence-corrected chi connectivity index (χ4v) is 1.68. The van der Waals surface area contributed by atoms with E-state index in [1.54, 1.807) is 12.3 Å². The van der Waals surface area contributed by atoms with E-state index in [2.05, 4.69) is 4.98 Å². The van der Waals surface area contributed by atoms with E-state index in [0.29, 0.717) is 10.6 Å². The van der Waals surface area contributed by atoms with Crippen LogP contribution < -0.4 is 0 Å². The van der Waals surface area contributed by atoms with Crippen LogP contribution in [0.4, 0.5) is 0 Å². The summed E-state index contributed by atoms with van der Waals surface area (Å²) < 4.78 is 0. The summed E-state index contributed by atoms with van der Waals surface area (Å²) >= 11 is 5.97.